The lowest BCUT2D eigenvalue weighted by molar-refractivity contribution is -0.0136. The lowest BCUT2D eigenvalue weighted by Gasteiger charge is -2.22. The van der Waals surface area contributed by atoms with Crippen LogP contribution in [-0.4, -0.2) is 50.7 Å². The number of aliphatic hydroxyl groups is 1. The number of rotatable bonds is 8. The second-order valence-electron chi connectivity index (χ2n) is 5.14. The summed E-state index contributed by atoms with van der Waals surface area (Å²) >= 11 is 0. The molecule has 118 valence electrons. The highest BCUT2D eigenvalue weighted by molar-refractivity contribution is 5.73. The summed E-state index contributed by atoms with van der Waals surface area (Å²) < 4.78 is 9.95. The summed E-state index contributed by atoms with van der Waals surface area (Å²) in [5.74, 6) is 0.810. The summed E-state index contributed by atoms with van der Waals surface area (Å²) in [6.45, 7) is 2.42. The molecule has 1 rings (SSSR count). The third-order valence-electron chi connectivity index (χ3n) is 2.94. The Bertz CT molecular complexity index is 432. The summed E-state index contributed by atoms with van der Waals surface area (Å²) in [6.07, 6.45) is 0.728. The highest BCUT2D eigenvalue weighted by Crippen LogP contribution is 2.11. The van der Waals surface area contributed by atoms with Crippen molar-refractivity contribution in [2.75, 3.05) is 33.9 Å². The van der Waals surface area contributed by atoms with Crippen LogP contribution < -0.4 is 15.4 Å². The van der Waals surface area contributed by atoms with Crippen molar-refractivity contribution in [3.05, 3.63) is 29.8 Å². The predicted molar refractivity (Wildman–Crippen MR) is 80.6 cm³/mol. The Morgan fingerprint density at radius 2 is 1.90 bits per heavy atom. The van der Waals surface area contributed by atoms with Crippen molar-refractivity contribution in [1.29, 1.82) is 0 Å². The van der Waals surface area contributed by atoms with E-state index in [1.54, 1.807) is 14.0 Å². The molecule has 0 heterocycles. The number of benzene rings is 1. The second kappa shape index (κ2) is 8.49. The molecule has 2 amide bonds. The maximum absolute atomic E-state index is 11.6. The molecule has 0 bridgehead atoms. The average Bonchev–Trinajstić information content (AvgIpc) is 2.46. The van der Waals surface area contributed by atoms with E-state index in [0.717, 1.165) is 17.7 Å². The molecule has 21 heavy (non-hydrogen) atoms. The number of nitrogens with one attached hydrogen (secondary N) is 2. The number of hydrogen-bond donors (Lipinski definition) is 3. The SMILES string of the molecule is COC[C@@](C)(O)CNC(=O)NCCc1ccc(OC)cc1. The minimum Gasteiger partial charge on any atom is -0.497 e. The minimum absolute atomic E-state index is 0.134. The van der Waals surface area contributed by atoms with Crippen molar-refractivity contribution in [3.63, 3.8) is 0 Å². The van der Waals surface area contributed by atoms with Gasteiger partial charge < -0.3 is 25.2 Å². The van der Waals surface area contributed by atoms with E-state index in [1.165, 1.54) is 7.11 Å². The van der Waals surface area contributed by atoms with Crippen LogP contribution in [0.2, 0.25) is 0 Å². The van der Waals surface area contributed by atoms with Gasteiger partial charge in [0.25, 0.3) is 0 Å². The van der Waals surface area contributed by atoms with Crippen LogP contribution in [0, 0.1) is 0 Å². The Balaban J connectivity index is 2.23. The van der Waals surface area contributed by atoms with Gasteiger partial charge in [0.15, 0.2) is 0 Å². The van der Waals surface area contributed by atoms with Crippen LogP contribution in [0.3, 0.4) is 0 Å². The molecule has 6 heteroatoms. The molecular weight excluding hydrogens is 272 g/mol. The first-order valence-electron chi connectivity index (χ1n) is 6.83. The Hall–Kier alpha value is -1.79. The zero-order valence-electron chi connectivity index (χ0n) is 12.8. The summed E-state index contributed by atoms with van der Waals surface area (Å²) in [5.41, 5.74) is 0.0460. The van der Waals surface area contributed by atoms with Gasteiger partial charge in [0.2, 0.25) is 0 Å². The fourth-order valence-corrected chi connectivity index (χ4v) is 1.81. The fraction of sp³-hybridized carbons (Fsp3) is 0.533. The Morgan fingerprint density at radius 3 is 2.48 bits per heavy atom. The van der Waals surface area contributed by atoms with Crippen LogP contribution in [0.4, 0.5) is 4.79 Å². The number of carbonyl (C=O) groups is 1. The third-order valence-corrected chi connectivity index (χ3v) is 2.94. The standard InChI is InChI=1S/C15H24N2O4/c1-15(19,11-20-2)10-17-14(18)16-9-8-12-4-6-13(21-3)7-5-12/h4-7,19H,8-11H2,1-3H3,(H2,16,17,18)/t15-/m0/s1. The molecule has 3 N–H and O–H groups in total. The average molecular weight is 296 g/mol. The molecule has 0 unspecified atom stereocenters. The smallest absolute Gasteiger partial charge is 0.314 e. The van der Waals surface area contributed by atoms with Crippen molar-refractivity contribution in [3.8, 4) is 5.75 Å². The maximum atomic E-state index is 11.6. The normalized spacial score (nSPS) is 13.3. The molecule has 1 aromatic carbocycles. The Morgan fingerprint density at radius 1 is 1.24 bits per heavy atom. The van der Waals surface area contributed by atoms with Gasteiger partial charge in [-0.05, 0) is 31.0 Å². The van der Waals surface area contributed by atoms with Gasteiger partial charge in [-0.3, -0.25) is 0 Å². The van der Waals surface area contributed by atoms with Crippen LogP contribution >= 0.6 is 0 Å². The third kappa shape index (κ3) is 6.97. The van der Waals surface area contributed by atoms with Gasteiger partial charge in [-0.25, -0.2) is 4.79 Å². The van der Waals surface area contributed by atoms with Gasteiger partial charge in [-0.15, -0.1) is 0 Å². The van der Waals surface area contributed by atoms with Crippen molar-refractivity contribution < 1.29 is 19.4 Å². The number of hydrogen-bond acceptors (Lipinski definition) is 4. The van der Waals surface area contributed by atoms with Crippen molar-refractivity contribution in [1.82, 2.24) is 10.6 Å². The van der Waals surface area contributed by atoms with E-state index in [-0.39, 0.29) is 19.2 Å². The lowest BCUT2D eigenvalue weighted by atomic mass is 10.1. The first-order valence-corrected chi connectivity index (χ1v) is 6.83. The van der Waals surface area contributed by atoms with E-state index >= 15 is 0 Å². The van der Waals surface area contributed by atoms with Crippen LogP contribution in [0.25, 0.3) is 0 Å². The largest absolute Gasteiger partial charge is 0.497 e. The summed E-state index contributed by atoms with van der Waals surface area (Å²) in [5, 5.41) is 15.2. The highest BCUT2D eigenvalue weighted by atomic mass is 16.5. The molecule has 0 aliphatic rings. The van der Waals surface area contributed by atoms with Crippen LogP contribution in [0.1, 0.15) is 12.5 Å². The molecule has 0 aliphatic carbocycles. The summed E-state index contributed by atoms with van der Waals surface area (Å²) in [7, 11) is 3.13. The van der Waals surface area contributed by atoms with Gasteiger partial charge in [-0.1, -0.05) is 12.1 Å². The van der Waals surface area contributed by atoms with Crippen LogP contribution in [-0.2, 0) is 11.2 Å². The molecule has 0 radical (unpaired) electrons. The van der Waals surface area contributed by atoms with Gasteiger partial charge in [-0.2, -0.15) is 0 Å². The van der Waals surface area contributed by atoms with Crippen LogP contribution in [0.15, 0.2) is 24.3 Å². The molecule has 6 nitrogen and oxygen atoms in total. The van der Waals surface area contributed by atoms with E-state index in [9.17, 15) is 9.90 Å². The Labute approximate surface area is 125 Å². The number of methoxy groups -OCH3 is 2. The minimum atomic E-state index is -1.07. The van der Waals surface area contributed by atoms with Gasteiger partial charge in [0, 0.05) is 13.7 Å². The van der Waals surface area contributed by atoms with Gasteiger partial charge in [0.05, 0.1) is 20.3 Å². The quantitative estimate of drug-likeness (QED) is 0.667. The molecule has 1 atom stereocenters. The molecule has 0 saturated carbocycles. The number of carbonyl (C=O) groups excluding carboxylic acids is 1. The van der Waals surface area contributed by atoms with Crippen molar-refractivity contribution in [2.45, 2.75) is 18.9 Å². The summed E-state index contributed by atoms with van der Waals surface area (Å²) in [4.78, 5) is 11.6. The highest BCUT2D eigenvalue weighted by Gasteiger charge is 2.20. The molecule has 0 saturated heterocycles. The predicted octanol–water partition coefficient (Wildman–Crippen LogP) is 0.934. The van der Waals surface area contributed by atoms with Gasteiger partial charge in [0.1, 0.15) is 11.4 Å². The lowest BCUT2D eigenvalue weighted by Crippen LogP contribution is -2.47. The molecule has 0 spiro atoms. The maximum Gasteiger partial charge on any atom is 0.314 e. The Kier molecular flexibility index (Phi) is 6.98. The van der Waals surface area contributed by atoms with Crippen molar-refractivity contribution in [2.24, 2.45) is 0 Å². The molecule has 0 fully saturated rings. The monoisotopic (exact) mass is 296 g/mol. The van der Waals surface area contributed by atoms with Gasteiger partial charge >= 0.3 is 6.03 Å². The van der Waals surface area contributed by atoms with E-state index < -0.39 is 5.60 Å². The van der Waals surface area contributed by atoms with E-state index in [2.05, 4.69) is 10.6 Å². The second-order valence-corrected chi connectivity index (χ2v) is 5.14. The molecular formula is C15H24N2O4. The zero-order chi connectivity index (χ0) is 15.7. The number of amides is 2. The van der Waals surface area contributed by atoms with Crippen LogP contribution in [0.5, 0.6) is 5.75 Å². The first-order chi connectivity index (χ1) is 9.96. The van der Waals surface area contributed by atoms with E-state index in [1.807, 2.05) is 24.3 Å². The van der Waals surface area contributed by atoms with Crippen molar-refractivity contribution >= 4 is 6.03 Å². The van der Waals surface area contributed by atoms with E-state index in [0.29, 0.717) is 6.54 Å². The molecule has 1 aromatic rings. The first kappa shape index (κ1) is 17.3. The van der Waals surface area contributed by atoms with E-state index in [4.69, 9.17) is 9.47 Å². The molecule has 0 aliphatic heterocycles. The topological polar surface area (TPSA) is 79.8 Å². The zero-order valence-corrected chi connectivity index (χ0v) is 12.8. The number of ether oxygens (including phenoxy) is 2. The number of urea groups is 1. The molecule has 0 aromatic heterocycles. The summed E-state index contributed by atoms with van der Waals surface area (Å²) in [6, 6.07) is 7.39. The fourth-order valence-electron chi connectivity index (χ4n) is 1.81.